The van der Waals surface area contributed by atoms with Gasteiger partial charge in [0, 0.05) is 22.2 Å². The number of benzene rings is 1. The van der Waals surface area contributed by atoms with Crippen molar-refractivity contribution in [3.05, 3.63) is 69.9 Å². The lowest BCUT2D eigenvalue weighted by Crippen LogP contribution is -2.36. The highest BCUT2D eigenvalue weighted by atomic mass is 32.1. The Bertz CT molecular complexity index is 659. The van der Waals surface area contributed by atoms with Gasteiger partial charge in [-0.2, -0.15) is 0 Å². The largest absolute Gasteiger partial charge is 0.333 e. The summed E-state index contributed by atoms with van der Waals surface area (Å²) in [5.41, 5.74) is 2.68. The summed E-state index contributed by atoms with van der Waals surface area (Å²) >= 11 is 1.84. The van der Waals surface area contributed by atoms with Gasteiger partial charge in [-0.05, 0) is 29.7 Å². The molecule has 0 bridgehead atoms. The topological polar surface area (TPSA) is 20.3 Å². The molecule has 0 aliphatic carbocycles. The number of thiophene rings is 1. The van der Waals surface area contributed by atoms with Gasteiger partial charge in [0.1, 0.15) is 0 Å². The lowest BCUT2D eigenvalue weighted by molar-refractivity contribution is -0.127. The van der Waals surface area contributed by atoms with E-state index in [1.807, 2.05) is 22.3 Å². The van der Waals surface area contributed by atoms with E-state index < -0.39 is 0 Å². The van der Waals surface area contributed by atoms with Crippen molar-refractivity contribution in [1.82, 2.24) is 4.90 Å². The second-order valence-corrected chi connectivity index (χ2v) is 6.55. The van der Waals surface area contributed by atoms with Crippen molar-refractivity contribution in [1.29, 1.82) is 0 Å². The molecular weight excluding hydrogens is 278 g/mol. The molecule has 0 unspecified atom stereocenters. The van der Waals surface area contributed by atoms with E-state index in [2.05, 4.69) is 43.8 Å². The molecule has 1 aromatic heterocycles. The Labute approximate surface area is 129 Å². The van der Waals surface area contributed by atoms with Gasteiger partial charge in [-0.1, -0.05) is 43.8 Å². The molecule has 1 atom stereocenters. The Hall–Kier alpha value is -1.87. The summed E-state index contributed by atoms with van der Waals surface area (Å²) in [6, 6.07) is 12.8. The van der Waals surface area contributed by atoms with Crippen LogP contribution in [0.25, 0.3) is 0 Å². The normalized spacial score (nSPS) is 17.4. The number of rotatable bonds is 3. The summed E-state index contributed by atoms with van der Waals surface area (Å²) in [4.78, 5) is 16.7. The SMILES string of the molecule is C=CC(=O)N1Cc2sc(CC)cc2[C@H](c2ccccc2)C1. The highest BCUT2D eigenvalue weighted by Gasteiger charge is 2.30. The maximum Gasteiger partial charge on any atom is 0.246 e. The zero-order valence-corrected chi connectivity index (χ0v) is 13.0. The summed E-state index contributed by atoms with van der Waals surface area (Å²) in [5.74, 6) is 0.295. The molecule has 1 aliphatic rings. The molecular formula is C18H19NOS. The zero-order chi connectivity index (χ0) is 14.8. The van der Waals surface area contributed by atoms with Crippen molar-refractivity contribution in [2.45, 2.75) is 25.8 Å². The Kier molecular flexibility index (Phi) is 3.93. The van der Waals surface area contributed by atoms with Gasteiger partial charge >= 0.3 is 0 Å². The summed E-state index contributed by atoms with van der Waals surface area (Å²) in [6.07, 6.45) is 2.47. The van der Waals surface area contributed by atoms with E-state index in [1.54, 1.807) is 0 Å². The number of hydrogen-bond acceptors (Lipinski definition) is 2. The third-order valence-electron chi connectivity index (χ3n) is 4.04. The molecule has 1 aliphatic heterocycles. The van der Waals surface area contributed by atoms with E-state index >= 15 is 0 Å². The number of carbonyl (C=O) groups excluding carboxylic acids is 1. The van der Waals surface area contributed by atoms with E-state index in [1.165, 1.54) is 27.0 Å². The number of nitrogens with zero attached hydrogens (tertiary/aromatic N) is 1. The van der Waals surface area contributed by atoms with Gasteiger partial charge in [-0.15, -0.1) is 11.3 Å². The minimum atomic E-state index is 0.0213. The first-order valence-electron chi connectivity index (χ1n) is 7.30. The van der Waals surface area contributed by atoms with Crippen LogP contribution in [0.2, 0.25) is 0 Å². The lowest BCUT2D eigenvalue weighted by Gasteiger charge is -2.32. The van der Waals surface area contributed by atoms with Crippen LogP contribution in [0.3, 0.4) is 0 Å². The molecule has 3 heteroatoms. The first-order chi connectivity index (χ1) is 10.2. The van der Waals surface area contributed by atoms with Crippen LogP contribution in [0.1, 0.15) is 33.7 Å². The van der Waals surface area contributed by atoms with E-state index in [4.69, 9.17) is 0 Å². The smallest absolute Gasteiger partial charge is 0.246 e. The van der Waals surface area contributed by atoms with E-state index in [0.29, 0.717) is 6.54 Å². The summed E-state index contributed by atoms with van der Waals surface area (Å²) < 4.78 is 0. The van der Waals surface area contributed by atoms with E-state index in [9.17, 15) is 4.79 Å². The third kappa shape index (κ3) is 2.66. The number of amides is 1. The minimum absolute atomic E-state index is 0.0213. The highest BCUT2D eigenvalue weighted by molar-refractivity contribution is 7.12. The molecule has 3 rings (SSSR count). The van der Waals surface area contributed by atoms with Crippen molar-refractivity contribution < 1.29 is 4.79 Å². The van der Waals surface area contributed by atoms with Crippen LogP contribution in [0.4, 0.5) is 0 Å². The molecule has 1 aromatic carbocycles. The predicted molar refractivity (Wildman–Crippen MR) is 87.6 cm³/mol. The van der Waals surface area contributed by atoms with E-state index in [0.717, 1.165) is 13.0 Å². The monoisotopic (exact) mass is 297 g/mol. The van der Waals surface area contributed by atoms with Gasteiger partial charge < -0.3 is 4.90 Å². The fraction of sp³-hybridized carbons (Fsp3) is 0.278. The average Bonchev–Trinajstić information content (AvgIpc) is 2.97. The van der Waals surface area contributed by atoms with Gasteiger partial charge in [0.25, 0.3) is 0 Å². The van der Waals surface area contributed by atoms with Crippen molar-refractivity contribution in [2.75, 3.05) is 6.54 Å². The highest BCUT2D eigenvalue weighted by Crippen LogP contribution is 2.38. The molecule has 1 amide bonds. The minimum Gasteiger partial charge on any atom is -0.333 e. The molecule has 0 saturated heterocycles. The van der Waals surface area contributed by atoms with Crippen LogP contribution in [-0.4, -0.2) is 17.4 Å². The van der Waals surface area contributed by atoms with Gasteiger partial charge in [0.05, 0.1) is 6.54 Å². The Morgan fingerprint density at radius 2 is 2.19 bits per heavy atom. The summed E-state index contributed by atoms with van der Waals surface area (Å²) in [7, 11) is 0. The molecule has 0 fully saturated rings. The van der Waals surface area contributed by atoms with Crippen LogP contribution < -0.4 is 0 Å². The molecule has 0 saturated carbocycles. The van der Waals surface area contributed by atoms with Crippen LogP contribution in [0, 0.1) is 0 Å². The van der Waals surface area contributed by atoms with Crippen molar-refractivity contribution >= 4 is 17.2 Å². The molecule has 2 aromatic rings. The maximum atomic E-state index is 12.0. The fourth-order valence-corrected chi connectivity index (χ4v) is 4.10. The van der Waals surface area contributed by atoms with Crippen LogP contribution >= 0.6 is 11.3 Å². The van der Waals surface area contributed by atoms with Gasteiger partial charge in [-0.25, -0.2) is 0 Å². The van der Waals surface area contributed by atoms with Crippen LogP contribution in [-0.2, 0) is 17.8 Å². The second kappa shape index (κ2) is 5.86. The Morgan fingerprint density at radius 3 is 2.86 bits per heavy atom. The molecule has 21 heavy (non-hydrogen) atoms. The number of aryl methyl sites for hydroxylation is 1. The van der Waals surface area contributed by atoms with Crippen molar-refractivity contribution in [3.8, 4) is 0 Å². The van der Waals surface area contributed by atoms with E-state index in [-0.39, 0.29) is 11.8 Å². The summed E-state index contributed by atoms with van der Waals surface area (Å²) in [6.45, 7) is 7.26. The zero-order valence-electron chi connectivity index (χ0n) is 12.2. The quantitative estimate of drug-likeness (QED) is 0.785. The Morgan fingerprint density at radius 1 is 1.43 bits per heavy atom. The van der Waals surface area contributed by atoms with Gasteiger partial charge in [-0.3, -0.25) is 4.79 Å². The molecule has 0 radical (unpaired) electrons. The van der Waals surface area contributed by atoms with Crippen molar-refractivity contribution in [3.63, 3.8) is 0 Å². The summed E-state index contributed by atoms with van der Waals surface area (Å²) in [5, 5.41) is 0. The first-order valence-corrected chi connectivity index (χ1v) is 8.12. The fourth-order valence-electron chi connectivity index (χ4n) is 2.92. The lowest BCUT2D eigenvalue weighted by atomic mass is 9.88. The van der Waals surface area contributed by atoms with Crippen LogP contribution in [0.5, 0.6) is 0 Å². The number of carbonyl (C=O) groups is 1. The maximum absolute atomic E-state index is 12.0. The van der Waals surface area contributed by atoms with Gasteiger partial charge in [0.2, 0.25) is 5.91 Å². The van der Waals surface area contributed by atoms with Crippen LogP contribution in [0.15, 0.2) is 49.1 Å². The molecule has 108 valence electrons. The molecule has 2 heterocycles. The molecule has 2 nitrogen and oxygen atoms in total. The molecule has 0 N–H and O–H groups in total. The average molecular weight is 297 g/mol. The third-order valence-corrected chi connectivity index (χ3v) is 5.32. The first kappa shape index (κ1) is 14.1. The predicted octanol–water partition coefficient (Wildman–Crippen LogP) is 3.97. The van der Waals surface area contributed by atoms with Gasteiger partial charge in [0.15, 0.2) is 0 Å². The molecule has 0 spiro atoms. The van der Waals surface area contributed by atoms with Crippen molar-refractivity contribution in [2.24, 2.45) is 0 Å². The number of hydrogen-bond donors (Lipinski definition) is 0. The Balaban J connectivity index is 2.03. The number of fused-ring (bicyclic) bond motifs is 1. The second-order valence-electron chi connectivity index (χ2n) is 5.33. The standard InChI is InChI=1S/C18H19NOS/c1-3-14-10-15-16(13-8-6-5-7-9-13)11-19(18(20)4-2)12-17(15)21-14/h4-10,16H,2-3,11-12H2,1H3/t16-/m0/s1.